The zero-order chi connectivity index (χ0) is 24.0. The van der Waals surface area contributed by atoms with Crippen LogP contribution in [0.2, 0.25) is 0 Å². The maximum absolute atomic E-state index is 12.7. The van der Waals surface area contributed by atoms with Crippen LogP contribution in [-0.4, -0.2) is 47.4 Å². The number of carbonyl (C=O) groups is 3. The topological polar surface area (TPSA) is 99.1 Å². The molecule has 3 fully saturated rings. The Labute approximate surface area is 189 Å². The quantitative estimate of drug-likeness (QED) is 0.402. The van der Waals surface area contributed by atoms with Crippen LogP contribution in [0.4, 0.5) is 0 Å². The molecule has 0 bridgehead atoms. The molecule has 1 aliphatic heterocycles. The van der Waals surface area contributed by atoms with Crippen molar-refractivity contribution in [2.24, 2.45) is 23.2 Å². The Morgan fingerprint density at radius 3 is 2.28 bits per heavy atom. The number of hydrogen-bond acceptors (Lipinski definition) is 7. The van der Waals surface area contributed by atoms with Crippen molar-refractivity contribution in [2.45, 2.75) is 78.8 Å². The number of allylic oxidation sites excluding steroid dienone is 2. The molecule has 0 aromatic rings. The van der Waals surface area contributed by atoms with E-state index in [4.69, 9.17) is 14.2 Å². The van der Waals surface area contributed by atoms with Gasteiger partial charge < -0.3 is 19.3 Å². The monoisotopic (exact) mass is 446 g/mol. The van der Waals surface area contributed by atoms with Gasteiger partial charge in [-0.15, -0.1) is 0 Å². The van der Waals surface area contributed by atoms with Crippen molar-refractivity contribution in [2.75, 3.05) is 0 Å². The first-order valence-electron chi connectivity index (χ1n) is 11.2. The third-order valence-corrected chi connectivity index (χ3v) is 7.81. The molecule has 7 heteroatoms. The molecule has 2 aliphatic carbocycles. The molecule has 8 unspecified atom stereocenters. The van der Waals surface area contributed by atoms with E-state index in [2.05, 4.69) is 6.58 Å². The van der Waals surface area contributed by atoms with Crippen LogP contribution in [0.3, 0.4) is 0 Å². The molecule has 3 rings (SSSR count). The summed E-state index contributed by atoms with van der Waals surface area (Å²) in [5.41, 5.74) is 0.634. The second kappa shape index (κ2) is 8.85. The Morgan fingerprint density at radius 2 is 1.72 bits per heavy atom. The van der Waals surface area contributed by atoms with Gasteiger partial charge in [0.2, 0.25) is 0 Å². The number of hydrogen-bond donors (Lipinski definition) is 1. The van der Waals surface area contributed by atoms with Gasteiger partial charge in [0.05, 0.1) is 6.10 Å². The zero-order valence-corrected chi connectivity index (χ0v) is 19.7. The van der Waals surface area contributed by atoms with Crippen LogP contribution >= 0.6 is 0 Å². The minimum atomic E-state index is -0.953. The average molecular weight is 447 g/mol. The van der Waals surface area contributed by atoms with Gasteiger partial charge in [-0.1, -0.05) is 32.6 Å². The predicted molar refractivity (Wildman–Crippen MR) is 117 cm³/mol. The molecule has 0 aromatic carbocycles. The highest BCUT2D eigenvalue weighted by Crippen LogP contribution is 2.58. The van der Waals surface area contributed by atoms with Crippen LogP contribution in [0.25, 0.3) is 0 Å². The minimum Gasteiger partial charge on any atom is -0.459 e. The summed E-state index contributed by atoms with van der Waals surface area (Å²) in [4.78, 5) is 37.5. The van der Waals surface area contributed by atoms with Gasteiger partial charge in [0.15, 0.2) is 0 Å². The number of fused-ring (bicyclic) bond motifs is 2. The Bertz CT molecular complexity index is 885. The standard InChI is InChI=1S/C25H34O7/c1-8-12(3)22(27)30-17-10-18(31-23(28)13(4)9-2)25(7)11-16-14(5)24(29)32-21(16)20(26)15(6)19(17)25/h8-9,15-21,26H,5,10-11H2,1-4,6-7H3. The van der Waals surface area contributed by atoms with Crippen molar-refractivity contribution in [3.63, 3.8) is 0 Å². The molecule has 1 saturated heterocycles. The molecule has 3 aliphatic rings. The van der Waals surface area contributed by atoms with Gasteiger partial charge in [-0.2, -0.15) is 0 Å². The summed E-state index contributed by atoms with van der Waals surface area (Å²) in [5, 5.41) is 11.1. The van der Waals surface area contributed by atoms with E-state index >= 15 is 0 Å². The van der Waals surface area contributed by atoms with E-state index in [9.17, 15) is 19.5 Å². The van der Waals surface area contributed by atoms with Gasteiger partial charge in [0.25, 0.3) is 0 Å². The number of esters is 3. The highest BCUT2D eigenvalue weighted by molar-refractivity contribution is 5.91. The lowest BCUT2D eigenvalue weighted by Crippen LogP contribution is -2.43. The fourth-order valence-electron chi connectivity index (χ4n) is 5.63. The van der Waals surface area contributed by atoms with Crippen molar-refractivity contribution >= 4 is 17.9 Å². The van der Waals surface area contributed by atoms with Crippen molar-refractivity contribution < 1.29 is 33.7 Å². The highest BCUT2D eigenvalue weighted by atomic mass is 16.6. The van der Waals surface area contributed by atoms with Crippen LogP contribution < -0.4 is 0 Å². The fourth-order valence-corrected chi connectivity index (χ4v) is 5.63. The van der Waals surface area contributed by atoms with Crippen LogP contribution in [-0.2, 0) is 28.6 Å². The number of rotatable bonds is 4. The predicted octanol–water partition coefficient (Wildman–Crippen LogP) is 3.27. The maximum Gasteiger partial charge on any atom is 0.334 e. The van der Waals surface area contributed by atoms with Crippen molar-refractivity contribution in [1.29, 1.82) is 0 Å². The lowest BCUT2D eigenvalue weighted by atomic mass is 9.68. The van der Waals surface area contributed by atoms with Gasteiger partial charge >= 0.3 is 17.9 Å². The first-order chi connectivity index (χ1) is 15.0. The summed E-state index contributed by atoms with van der Waals surface area (Å²) in [6, 6.07) is 0. The molecule has 8 atom stereocenters. The van der Waals surface area contributed by atoms with E-state index in [1.165, 1.54) is 0 Å². The maximum atomic E-state index is 12.7. The molecular weight excluding hydrogens is 412 g/mol. The largest absolute Gasteiger partial charge is 0.459 e. The number of aliphatic hydroxyl groups excluding tert-OH is 1. The normalized spacial score (nSPS) is 39.7. The van der Waals surface area contributed by atoms with Crippen molar-refractivity contribution in [3.8, 4) is 0 Å². The first kappa shape index (κ1) is 24.2. The number of ether oxygens (including phenoxy) is 3. The van der Waals surface area contributed by atoms with Crippen molar-refractivity contribution in [1.82, 2.24) is 0 Å². The average Bonchev–Trinajstić information content (AvgIpc) is 3.15. The molecule has 0 aromatic heterocycles. The Morgan fingerprint density at radius 1 is 1.16 bits per heavy atom. The SMILES string of the molecule is C=C1C(=O)OC2C1CC1(C)C(OC(=O)C(C)=CC)CC(OC(=O)C(C)=CC)C1C(C)C2O. The second-order valence-corrected chi connectivity index (χ2v) is 9.60. The Hall–Kier alpha value is -2.41. The van der Waals surface area contributed by atoms with Crippen LogP contribution in [0.15, 0.2) is 35.5 Å². The molecule has 0 spiro atoms. The second-order valence-electron chi connectivity index (χ2n) is 9.60. The third-order valence-electron chi connectivity index (χ3n) is 7.81. The molecule has 32 heavy (non-hydrogen) atoms. The molecule has 2 saturated carbocycles. The molecule has 1 heterocycles. The van der Waals surface area contributed by atoms with Crippen molar-refractivity contribution in [3.05, 3.63) is 35.5 Å². The van der Waals surface area contributed by atoms with Gasteiger partial charge in [-0.3, -0.25) is 0 Å². The fraction of sp³-hybridized carbons (Fsp3) is 0.640. The van der Waals surface area contributed by atoms with Gasteiger partial charge in [0.1, 0.15) is 18.3 Å². The summed E-state index contributed by atoms with van der Waals surface area (Å²) >= 11 is 0. The Kier molecular flexibility index (Phi) is 6.70. The number of carbonyl (C=O) groups excluding carboxylic acids is 3. The minimum absolute atomic E-state index is 0.299. The van der Waals surface area contributed by atoms with Gasteiger partial charge in [-0.25, -0.2) is 14.4 Å². The van der Waals surface area contributed by atoms with E-state index in [1.807, 2.05) is 13.8 Å². The summed E-state index contributed by atoms with van der Waals surface area (Å²) in [5.74, 6) is -2.43. The Balaban J connectivity index is 2.03. The van der Waals surface area contributed by atoms with E-state index in [0.717, 1.165) is 0 Å². The zero-order valence-electron chi connectivity index (χ0n) is 19.7. The van der Waals surface area contributed by atoms with Crippen LogP contribution in [0.5, 0.6) is 0 Å². The summed E-state index contributed by atoms with van der Waals surface area (Å²) < 4.78 is 17.3. The first-order valence-corrected chi connectivity index (χ1v) is 11.2. The highest BCUT2D eigenvalue weighted by Gasteiger charge is 2.64. The molecule has 176 valence electrons. The van der Waals surface area contributed by atoms with Gasteiger partial charge in [0, 0.05) is 40.4 Å². The lowest BCUT2D eigenvalue weighted by molar-refractivity contribution is -0.153. The van der Waals surface area contributed by atoms with E-state index in [0.29, 0.717) is 29.6 Å². The van der Waals surface area contributed by atoms with Crippen LogP contribution in [0.1, 0.15) is 54.4 Å². The van der Waals surface area contributed by atoms with E-state index in [-0.39, 0.29) is 11.8 Å². The molecule has 0 amide bonds. The van der Waals surface area contributed by atoms with Crippen LogP contribution in [0, 0.1) is 23.2 Å². The summed E-state index contributed by atoms with van der Waals surface area (Å²) in [7, 11) is 0. The van der Waals surface area contributed by atoms with E-state index < -0.39 is 53.7 Å². The van der Waals surface area contributed by atoms with Gasteiger partial charge in [-0.05, 0) is 40.0 Å². The molecule has 0 radical (unpaired) electrons. The van der Waals surface area contributed by atoms with E-state index in [1.54, 1.807) is 39.8 Å². The molecule has 7 nitrogen and oxygen atoms in total. The number of aliphatic hydroxyl groups is 1. The molecule has 1 N–H and O–H groups in total. The summed E-state index contributed by atoms with van der Waals surface area (Å²) in [6.07, 6.45) is 1.34. The summed E-state index contributed by atoms with van der Waals surface area (Å²) in [6.45, 7) is 14.7. The lowest BCUT2D eigenvalue weighted by Gasteiger charge is -2.39. The molecular formula is C25H34O7. The third kappa shape index (κ3) is 3.91. The smallest absolute Gasteiger partial charge is 0.334 e.